The van der Waals surface area contributed by atoms with Gasteiger partial charge < -0.3 is 5.11 Å². The molecule has 0 bridgehead atoms. The van der Waals surface area contributed by atoms with Crippen molar-refractivity contribution >= 4 is 15.7 Å². The third-order valence-electron chi connectivity index (χ3n) is 2.91. The lowest BCUT2D eigenvalue weighted by atomic mass is 10.1. The second-order valence-electron chi connectivity index (χ2n) is 4.84. The van der Waals surface area contributed by atoms with Gasteiger partial charge in [0.1, 0.15) is 0 Å². The first kappa shape index (κ1) is 16.5. The molecule has 1 atom stereocenters. The van der Waals surface area contributed by atoms with Crippen LogP contribution in [-0.2, 0) is 10.0 Å². The van der Waals surface area contributed by atoms with Crippen LogP contribution in [0.2, 0.25) is 0 Å². The zero-order valence-electron chi connectivity index (χ0n) is 11.5. The van der Waals surface area contributed by atoms with Crippen LogP contribution < -0.4 is 4.72 Å². The van der Waals surface area contributed by atoms with Gasteiger partial charge in [-0.15, -0.1) is 0 Å². The molecule has 0 saturated heterocycles. The molecule has 0 aliphatic carbocycles. The minimum absolute atomic E-state index is 0.121. The first-order valence-electron chi connectivity index (χ1n) is 6.08. The van der Waals surface area contributed by atoms with Crippen LogP contribution >= 0.6 is 0 Å². The topological polar surface area (TPSA) is 110 Å². The van der Waals surface area contributed by atoms with Crippen molar-refractivity contribution in [3.63, 3.8) is 0 Å². The smallest absolute Gasteiger partial charge is 0.289 e. The fraction of sp³-hybridized carbons (Fsp3) is 0.500. The highest BCUT2D eigenvalue weighted by atomic mass is 32.2. The summed E-state index contributed by atoms with van der Waals surface area (Å²) in [7, 11) is -4.05. The minimum atomic E-state index is -4.05. The molecule has 0 fully saturated rings. The normalized spacial score (nSPS) is 13.4. The fourth-order valence-electron chi connectivity index (χ4n) is 1.63. The maximum atomic E-state index is 12.2. The zero-order chi connectivity index (χ0) is 15.5. The molecule has 0 spiro atoms. The average molecular weight is 302 g/mol. The van der Waals surface area contributed by atoms with Gasteiger partial charge in [-0.2, -0.15) is 0 Å². The summed E-state index contributed by atoms with van der Waals surface area (Å²) in [6, 6.07) is 4.05. The number of aliphatic hydroxyl groups is 1. The third-order valence-corrected chi connectivity index (χ3v) is 4.52. The van der Waals surface area contributed by atoms with Crippen molar-refractivity contribution in [3.8, 4) is 0 Å². The largest absolute Gasteiger partial charge is 0.391 e. The Morgan fingerprint density at radius 1 is 1.40 bits per heavy atom. The van der Waals surface area contributed by atoms with E-state index in [0.717, 1.165) is 6.07 Å². The van der Waals surface area contributed by atoms with E-state index in [2.05, 4.69) is 4.72 Å². The highest BCUT2D eigenvalue weighted by Gasteiger charge is 2.28. The number of rotatable bonds is 6. The molecule has 0 aromatic heterocycles. The minimum Gasteiger partial charge on any atom is -0.391 e. The third kappa shape index (κ3) is 3.75. The van der Waals surface area contributed by atoms with Crippen LogP contribution in [0.5, 0.6) is 0 Å². The summed E-state index contributed by atoms with van der Waals surface area (Å²) in [4.78, 5) is 9.84. The quantitative estimate of drug-likeness (QED) is 0.606. The molecule has 0 aliphatic rings. The molecule has 1 aromatic carbocycles. The maximum absolute atomic E-state index is 12.2. The van der Waals surface area contributed by atoms with Crippen LogP contribution in [0.4, 0.5) is 5.69 Å². The predicted octanol–water partition coefficient (Wildman–Crippen LogP) is 1.20. The Kier molecular flexibility index (Phi) is 5.21. The van der Waals surface area contributed by atoms with E-state index in [1.54, 1.807) is 13.8 Å². The van der Waals surface area contributed by atoms with Gasteiger partial charge in [0.15, 0.2) is 4.90 Å². The number of nitro benzene ring substituents is 1. The SMILES string of the molecule is Cc1cccc([N+](=O)[O-])c1S(=O)(=O)NCC(O)C(C)C. The molecular weight excluding hydrogens is 284 g/mol. The van der Waals surface area contributed by atoms with Gasteiger partial charge in [-0.3, -0.25) is 10.1 Å². The summed E-state index contributed by atoms with van der Waals surface area (Å²) in [6.07, 6.45) is -0.854. The number of sulfonamides is 1. The molecule has 0 saturated carbocycles. The van der Waals surface area contributed by atoms with E-state index in [4.69, 9.17) is 0 Å². The Labute approximate surface area is 117 Å². The van der Waals surface area contributed by atoms with E-state index in [1.165, 1.54) is 19.1 Å². The van der Waals surface area contributed by atoms with Crippen molar-refractivity contribution in [1.82, 2.24) is 4.72 Å². The molecule has 112 valence electrons. The van der Waals surface area contributed by atoms with Gasteiger partial charge in [-0.1, -0.05) is 26.0 Å². The molecule has 2 N–H and O–H groups in total. The van der Waals surface area contributed by atoms with Crippen molar-refractivity contribution in [2.45, 2.75) is 31.8 Å². The Balaban J connectivity index is 3.13. The van der Waals surface area contributed by atoms with E-state index in [9.17, 15) is 23.6 Å². The van der Waals surface area contributed by atoms with Gasteiger partial charge in [0, 0.05) is 12.6 Å². The Bertz CT molecular complexity index is 598. The number of nitrogens with zero attached hydrogens (tertiary/aromatic N) is 1. The Hall–Kier alpha value is -1.51. The van der Waals surface area contributed by atoms with Crippen molar-refractivity contribution in [2.75, 3.05) is 6.54 Å². The number of nitrogens with one attached hydrogen (secondary N) is 1. The van der Waals surface area contributed by atoms with Crippen LogP contribution in [0.3, 0.4) is 0 Å². The lowest BCUT2D eigenvalue weighted by molar-refractivity contribution is -0.387. The van der Waals surface area contributed by atoms with Gasteiger partial charge in [-0.05, 0) is 18.4 Å². The lowest BCUT2D eigenvalue weighted by Crippen LogP contribution is -2.35. The highest BCUT2D eigenvalue weighted by molar-refractivity contribution is 7.89. The van der Waals surface area contributed by atoms with Crippen molar-refractivity contribution in [3.05, 3.63) is 33.9 Å². The molecule has 0 radical (unpaired) electrons. The first-order valence-corrected chi connectivity index (χ1v) is 7.57. The Morgan fingerprint density at radius 2 is 2.00 bits per heavy atom. The molecule has 1 aromatic rings. The van der Waals surface area contributed by atoms with Crippen molar-refractivity contribution < 1.29 is 18.4 Å². The molecular formula is C12H18N2O5S. The lowest BCUT2D eigenvalue weighted by Gasteiger charge is -2.16. The molecule has 1 rings (SSSR count). The molecule has 1 unspecified atom stereocenters. The fourth-order valence-corrected chi connectivity index (χ4v) is 3.08. The summed E-state index contributed by atoms with van der Waals surface area (Å²) in [6.45, 7) is 4.79. The molecule has 7 nitrogen and oxygen atoms in total. The highest BCUT2D eigenvalue weighted by Crippen LogP contribution is 2.26. The van der Waals surface area contributed by atoms with Gasteiger partial charge in [-0.25, -0.2) is 13.1 Å². The summed E-state index contributed by atoms with van der Waals surface area (Å²) in [5, 5.41) is 20.6. The van der Waals surface area contributed by atoms with Crippen LogP contribution in [0.1, 0.15) is 19.4 Å². The average Bonchev–Trinajstić information content (AvgIpc) is 2.35. The van der Waals surface area contributed by atoms with Gasteiger partial charge in [0.05, 0.1) is 11.0 Å². The molecule has 8 heteroatoms. The number of nitro groups is 1. The van der Waals surface area contributed by atoms with E-state index >= 15 is 0 Å². The number of hydrogen-bond acceptors (Lipinski definition) is 5. The molecule has 0 amide bonds. The second kappa shape index (κ2) is 6.29. The van der Waals surface area contributed by atoms with Gasteiger partial charge >= 0.3 is 0 Å². The number of benzene rings is 1. The predicted molar refractivity (Wildman–Crippen MR) is 73.9 cm³/mol. The van der Waals surface area contributed by atoms with Crippen LogP contribution in [-0.4, -0.2) is 31.1 Å². The number of aryl methyl sites for hydroxylation is 1. The number of aliphatic hydroxyl groups excluding tert-OH is 1. The summed E-state index contributed by atoms with van der Waals surface area (Å²) in [5.74, 6) is -0.121. The number of hydrogen-bond donors (Lipinski definition) is 2. The summed E-state index contributed by atoms with van der Waals surface area (Å²) in [5.41, 5.74) is -0.192. The monoisotopic (exact) mass is 302 g/mol. The summed E-state index contributed by atoms with van der Waals surface area (Å²) >= 11 is 0. The van der Waals surface area contributed by atoms with Gasteiger partial charge in [0.25, 0.3) is 5.69 Å². The molecule has 20 heavy (non-hydrogen) atoms. The van der Waals surface area contributed by atoms with E-state index < -0.39 is 26.7 Å². The van der Waals surface area contributed by atoms with E-state index in [0.29, 0.717) is 0 Å². The van der Waals surface area contributed by atoms with Crippen molar-refractivity contribution in [1.29, 1.82) is 0 Å². The van der Waals surface area contributed by atoms with Gasteiger partial charge in [0.2, 0.25) is 10.0 Å². The second-order valence-corrected chi connectivity index (χ2v) is 6.55. The standard InChI is InChI=1S/C12H18N2O5S/c1-8(2)11(15)7-13-20(18,19)12-9(3)5-4-6-10(12)14(16)17/h4-6,8,11,13,15H,7H2,1-3H3. The first-order chi connectivity index (χ1) is 9.16. The van der Waals surface area contributed by atoms with E-state index in [1.807, 2.05) is 0 Å². The van der Waals surface area contributed by atoms with Crippen LogP contribution in [0.15, 0.2) is 23.1 Å². The summed E-state index contributed by atoms with van der Waals surface area (Å²) < 4.78 is 26.6. The molecule has 0 aliphatic heterocycles. The molecule has 0 heterocycles. The Morgan fingerprint density at radius 3 is 2.50 bits per heavy atom. The van der Waals surface area contributed by atoms with Crippen LogP contribution in [0.25, 0.3) is 0 Å². The van der Waals surface area contributed by atoms with Crippen molar-refractivity contribution in [2.24, 2.45) is 5.92 Å². The van der Waals surface area contributed by atoms with Crippen LogP contribution in [0, 0.1) is 23.0 Å². The maximum Gasteiger partial charge on any atom is 0.289 e. The van der Waals surface area contributed by atoms with E-state index in [-0.39, 0.29) is 22.9 Å². The zero-order valence-corrected chi connectivity index (χ0v) is 12.3.